The van der Waals surface area contributed by atoms with Gasteiger partial charge in [0.15, 0.2) is 17.3 Å². The zero-order valence-corrected chi connectivity index (χ0v) is 8.89. The quantitative estimate of drug-likeness (QED) is 0.745. The van der Waals surface area contributed by atoms with Gasteiger partial charge in [0.2, 0.25) is 0 Å². The number of ketones is 1. The van der Waals surface area contributed by atoms with Crippen molar-refractivity contribution in [2.45, 2.75) is 26.9 Å². The van der Waals surface area contributed by atoms with Gasteiger partial charge < -0.3 is 4.74 Å². The molecule has 0 N–H and O–H groups in total. The van der Waals surface area contributed by atoms with E-state index >= 15 is 0 Å². The summed E-state index contributed by atoms with van der Waals surface area (Å²) in [6.45, 7) is -0.172. The maximum atomic E-state index is 13.5. The highest BCUT2D eigenvalue weighted by atomic mass is 19.3. The molecule has 0 saturated heterocycles. The maximum absolute atomic E-state index is 13.5. The van der Waals surface area contributed by atoms with Crippen molar-refractivity contribution < 1.29 is 22.7 Å². The number of hydrogen-bond acceptors (Lipinski definition) is 2. The Bertz CT molecular complexity index is 402. The summed E-state index contributed by atoms with van der Waals surface area (Å²) in [7, 11) is 0. The molecule has 1 rings (SSSR count). The van der Waals surface area contributed by atoms with Crippen LogP contribution in [-0.4, -0.2) is 12.4 Å². The van der Waals surface area contributed by atoms with Crippen molar-refractivity contribution in [2.24, 2.45) is 0 Å². The molecule has 0 aliphatic rings. The normalized spacial score (nSPS) is 10.6. The molecule has 16 heavy (non-hydrogen) atoms. The molecular formula is C11H11F3O2. The van der Waals surface area contributed by atoms with Crippen molar-refractivity contribution in [3.05, 3.63) is 29.1 Å². The first-order valence-electron chi connectivity index (χ1n) is 4.73. The summed E-state index contributed by atoms with van der Waals surface area (Å²) >= 11 is 0. The van der Waals surface area contributed by atoms with Gasteiger partial charge in [0.25, 0.3) is 0 Å². The summed E-state index contributed by atoms with van der Waals surface area (Å²) in [5, 5.41) is 0. The molecule has 0 saturated carbocycles. The van der Waals surface area contributed by atoms with E-state index < -0.39 is 24.0 Å². The number of benzene rings is 1. The fraction of sp³-hybridized carbons (Fsp3) is 0.364. The van der Waals surface area contributed by atoms with Crippen LogP contribution in [0.3, 0.4) is 0 Å². The number of alkyl halides is 2. The average Bonchev–Trinajstić information content (AvgIpc) is 2.19. The van der Waals surface area contributed by atoms with Crippen molar-refractivity contribution in [3.8, 4) is 5.75 Å². The van der Waals surface area contributed by atoms with Gasteiger partial charge in [0, 0.05) is 0 Å². The van der Waals surface area contributed by atoms with Crippen molar-refractivity contribution in [2.75, 3.05) is 0 Å². The molecule has 0 bridgehead atoms. The predicted octanol–water partition coefficient (Wildman–Crippen LogP) is 3.19. The number of halogens is 3. The van der Waals surface area contributed by atoms with E-state index in [2.05, 4.69) is 4.74 Å². The van der Waals surface area contributed by atoms with Gasteiger partial charge in [-0.05, 0) is 31.0 Å². The van der Waals surface area contributed by atoms with Crippen molar-refractivity contribution in [3.63, 3.8) is 0 Å². The van der Waals surface area contributed by atoms with Gasteiger partial charge in [-0.2, -0.15) is 8.78 Å². The molecule has 0 fully saturated rings. The summed E-state index contributed by atoms with van der Waals surface area (Å²) in [4.78, 5) is 11.1. The number of rotatable bonds is 4. The summed E-state index contributed by atoms with van der Waals surface area (Å²) < 4.78 is 41.5. The lowest BCUT2D eigenvalue weighted by Gasteiger charge is -2.10. The summed E-state index contributed by atoms with van der Waals surface area (Å²) in [5.41, 5.74) is 0.345. The first-order valence-corrected chi connectivity index (χ1v) is 4.73. The molecule has 0 atom stereocenters. The van der Waals surface area contributed by atoms with Crippen LogP contribution in [0.5, 0.6) is 5.75 Å². The van der Waals surface area contributed by atoms with Crippen molar-refractivity contribution >= 4 is 5.78 Å². The van der Waals surface area contributed by atoms with Gasteiger partial charge in [0.1, 0.15) is 0 Å². The summed E-state index contributed by atoms with van der Waals surface area (Å²) in [5.74, 6) is -2.14. The minimum atomic E-state index is -3.11. The molecule has 0 aliphatic carbocycles. The fourth-order valence-corrected chi connectivity index (χ4v) is 1.30. The van der Waals surface area contributed by atoms with E-state index in [0.29, 0.717) is 12.0 Å². The van der Waals surface area contributed by atoms with Crippen LogP contribution < -0.4 is 4.74 Å². The lowest BCUT2D eigenvalue weighted by molar-refractivity contribution is -0.0523. The molecule has 0 unspecified atom stereocenters. The zero-order valence-electron chi connectivity index (χ0n) is 8.89. The number of Topliss-reactive ketones (excluding diaryl/α,β-unsaturated/α-hetero) is 1. The monoisotopic (exact) mass is 232 g/mol. The Labute approximate surface area is 91.0 Å². The van der Waals surface area contributed by atoms with Crippen LogP contribution in [0.4, 0.5) is 13.2 Å². The average molecular weight is 232 g/mol. The number of carbonyl (C=O) groups is 1. The molecular weight excluding hydrogens is 221 g/mol. The molecule has 2 nitrogen and oxygen atoms in total. The Morgan fingerprint density at radius 1 is 1.44 bits per heavy atom. The Hall–Kier alpha value is -1.52. The van der Waals surface area contributed by atoms with E-state index in [0.717, 1.165) is 0 Å². The molecule has 88 valence electrons. The summed E-state index contributed by atoms with van der Waals surface area (Å²) in [6.07, 6.45) is 0.500. The van der Waals surface area contributed by atoms with Crippen LogP contribution in [0.1, 0.15) is 29.8 Å². The lowest BCUT2D eigenvalue weighted by atomic mass is 10.0. The Balaban J connectivity index is 3.25. The molecule has 0 aromatic heterocycles. The molecule has 0 radical (unpaired) electrons. The van der Waals surface area contributed by atoms with Crippen molar-refractivity contribution in [1.29, 1.82) is 0 Å². The van der Waals surface area contributed by atoms with E-state index in [-0.39, 0.29) is 5.56 Å². The second-order valence-corrected chi connectivity index (χ2v) is 3.24. The van der Waals surface area contributed by atoms with Crippen LogP contribution in [0.15, 0.2) is 12.1 Å². The first kappa shape index (κ1) is 12.5. The Morgan fingerprint density at radius 2 is 2.06 bits per heavy atom. The lowest BCUT2D eigenvalue weighted by Crippen LogP contribution is -2.08. The molecule has 5 heteroatoms. The molecule has 0 aliphatic heterocycles. The Morgan fingerprint density at radius 3 is 2.50 bits per heavy atom. The van der Waals surface area contributed by atoms with Gasteiger partial charge in [-0.15, -0.1) is 0 Å². The molecule has 1 aromatic carbocycles. The number of carbonyl (C=O) groups excluding carboxylic acids is 1. The predicted molar refractivity (Wildman–Crippen MR) is 52.4 cm³/mol. The smallest absolute Gasteiger partial charge is 0.387 e. The largest absolute Gasteiger partial charge is 0.432 e. The van der Waals surface area contributed by atoms with Crippen LogP contribution in [-0.2, 0) is 6.42 Å². The Kier molecular flexibility index (Phi) is 3.93. The molecule has 0 amide bonds. The maximum Gasteiger partial charge on any atom is 0.387 e. The topological polar surface area (TPSA) is 26.3 Å². The number of hydrogen-bond donors (Lipinski definition) is 0. The van der Waals surface area contributed by atoms with E-state index in [1.165, 1.54) is 19.1 Å². The number of ether oxygens (including phenoxy) is 1. The van der Waals surface area contributed by atoms with E-state index in [1.807, 2.05) is 0 Å². The highest BCUT2D eigenvalue weighted by molar-refractivity contribution is 5.95. The summed E-state index contributed by atoms with van der Waals surface area (Å²) in [6, 6.07) is 2.52. The highest BCUT2D eigenvalue weighted by Gasteiger charge is 2.17. The van der Waals surface area contributed by atoms with Gasteiger partial charge in [-0.1, -0.05) is 6.92 Å². The van der Waals surface area contributed by atoms with Gasteiger partial charge in [-0.25, -0.2) is 4.39 Å². The third-order valence-corrected chi connectivity index (χ3v) is 2.10. The van der Waals surface area contributed by atoms with Gasteiger partial charge >= 0.3 is 6.61 Å². The van der Waals surface area contributed by atoms with Crippen LogP contribution in [0.25, 0.3) is 0 Å². The fourth-order valence-electron chi connectivity index (χ4n) is 1.30. The van der Waals surface area contributed by atoms with E-state index in [1.54, 1.807) is 6.92 Å². The highest BCUT2D eigenvalue weighted by Crippen LogP contribution is 2.25. The van der Waals surface area contributed by atoms with Crippen LogP contribution in [0.2, 0.25) is 0 Å². The van der Waals surface area contributed by atoms with Crippen molar-refractivity contribution in [1.82, 2.24) is 0 Å². The minimum Gasteiger partial charge on any atom is -0.432 e. The van der Waals surface area contributed by atoms with Gasteiger partial charge in [0.05, 0.1) is 5.56 Å². The van der Waals surface area contributed by atoms with Gasteiger partial charge in [-0.3, -0.25) is 4.79 Å². The number of aryl methyl sites for hydroxylation is 1. The SMILES string of the molecule is CCc1cc(OC(F)F)c(F)c(C(C)=O)c1. The zero-order chi connectivity index (χ0) is 12.3. The first-order chi connectivity index (χ1) is 7.45. The molecule has 1 aromatic rings. The second kappa shape index (κ2) is 5.01. The van der Waals surface area contributed by atoms with Crippen LogP contribution >= 0.6 is 0 Å². The van der Waals surface area contributed by atoms with E-state index in [4.69, 9.17) is 0 Å². The second-order valence-electron chi connectivity index (χ2n) is 3.24. The third-order valence-electron chi connectivity index (χ3n) is 2.10. The minimum absolute atomic E-state index is 0.227. The third kappa shape index (κ3) is 2.74. The molecule has 0 heterocycles. The van der Waals surface area contributed by atoms with Crippen LogP contribution in [0, 0.1) is 5.82 Å². The molecule has 0 spiro atoms. The van der Waals surface area contributed by atoms with E-state index in [9.17, 15) is 18.0 Å². The standard InChI is InChI=1S/C11H11F3O2/c1-3-7-4-8(6(2)15)10(12)9(5-7)16-11(13)14/h4-5,11H,3H2,1-2H3.